The van der Waals surface area contributed by atoms with E-state index in [9.17, 15) is 0 Å². The van der Waals surface area contributed by atoms with Crippen molar-refractivity contribution in [2.45, 2.75) is 53.7 Å². The van der Waals surface area contributed by atoms with Gasteiger partial charge in [-0.25, -0.2) is 0 Å². The fourth-order valence-corrected chi connectivity index (χ4v) is 13.3. The zero-order chi connectivity index (χ0) is 40.8. The molecular weight excluding hydrogens is 755 g/mol. The van der Waals surface area contributed by atoms with E-state index in [2.05, 4.69) is 221 Å². The van der Waals surface area contributed by atoms with E-state index in [1.807, 2.05) is 11.8 Å². The maximum atomic E-state index is 2.58. The Labute approximate surface area is 362 Å². The first-order chi connectivity index (χ1) is 29.8. The Morgan fingerprint density at radius 3 is 1.41 bits per heavy atom. The Hall–Kier alpha value is -6.61. The van der Waals surface area contributed by atoms with E-state index in [-0.39, 0.29) is 10.8 Å². The van der Waals surface area contributed by atoms with Crippen LogP contribution in [0.15, 0.2) is 198 Å². The van der Waals surface area contributed by atoms with Gasteiger partial charge in [-0.3, -0.25) is 0 Å². The van der Waals surface area contributed by atoms with Gasteiger partial charge in [0.05, 0.1) is 11.1 Å². The number of hydrogen-bond acceptors (Lipinski definition) is 2. The van der Waals surface area contributed by atoms with Crippen LogP contribution >= 0.6 is 11.8 Å². The average Bonchev–Trinajstić information content (AvgIpc) is 3.81. The van der Waals surface area contributed by atoms with Gasteiger partial charge in [-0.05, 0) is 125 Å². The predicted molar refractivity (Wildman–Crippen MR) is 255 cm³/mol. The summed E-state index contributed by atoms with van der Waals surface area (Å²) in [6, 6.07) is 71.6. The number of nitrogens with zero attached hydrogens (tertiary/aromatic N) is 1. The minimum atomic E-state index is -0.519. The van der Waals surface area contributed by atoms with Crippen LogP contribution in [0.4, 0.5) is 17.1 Å². The SMILES string of the molecule is CC1(C)c2ccccc2-c2ccc(N(c3ccc4c(c3)C(C)(C)c3ccccc3-4)c3cccc4c3Sc3ccc5ccccc5c3C43c4ccccc4-c4ccccc43)cc21. The molecule has 0 saturated heterocycles. The minimum Gasteiger partial charge on any atom is -0.309 e. The van der Waals surface area contributed by atoms with Crippen LogP contribution in [0.1, 0.15) is 72.2 Å². The van der Waals surface area contributed by atoms with E-state index in [1.54, 1.807) is 0 Å². The maximum absolute atomic E-state index is 2.58. The first-order valence-corrected chi connectivity index (χ1v) is 22.4. The molecule has 4 aliphatic rings. The van der Waals surface area contributed by atoms with Crippen LogP contribution in [0.3, 0.4) is 0 Å². The van der Waals surface area contributed by atoms with Crippen molar-refractivity contribution in [3.8, 4) is 33.4 Å². The molecule has 13 rings (SSSR count). The molecule has 3 aliphatic carbocycles. The van der Waals surface area contributed by atoms with Crippen molar-refractivity contribution in [2.24, 2.45) is 0 Å². The molecule has 61 heavy (non-hydrogen) atoms. The Kier molecular flexibility index (Phi) is 7.06. The summed E-state index contributed by atoms with van der Waals surface area (Å²) in [5.41, 5.74) is 21.7. The van der Waals surface area contributed by atoms with Gasteiger partial charge in [-0.15, -0.1) is 0 Å². The van der Waals surface area contributed by atoms with Crippen molar-refractivity contribution < 1.29 is 0 Å². The minimum absolute atomic E-state index is 0.138. The third-order valence-corrected chi connectivity index (χ3v) is 15.9. The molecule has 0 N–H and O–H groups in total. The van der Waals surface area contributed by atoms with E-state index in [0.29, 0.717) is 0 Å². The molecule has 1 spiro atoms. The summed E-state index contributed by atoms with van der Waals surface area (Å²) >= 11 is 1.94. The number of rotatable bonds is 3. The normalized spacial score (nSPS) is 15.9. The fraction of sp³-hybridized carbons (Fsp3) is 0.119. The summed E-state index contributed by atoms with van der Waals surface area (Å²) < 4.78 is 0. The molecule has 0 atom stereocenters. The Morgan fingerprint density at radius 2 is 0.836 bits per heavy atom. The third kappa shape index (κ3) is 4.48. The molecule has 1 nitrogen and oxygen atoms in total. The zero-order valence-corrected chi connectivity index (χ0v) is 35.6. The lowest BCUT2D eigenvalue weighted by molar-refractivity contribution is 0.660. The van der Waals surface area contributed by atoms with Crippen LogP contribution in [0.25, 0.3) is 44.2 Å². The first kappa shape index (κ1) is 35.2. The molecule has 0 unspecified atom stereocenters. The van der Waals surface area contributed by atoms with Gasteiger partial charge >= 0.3 is 0 Å². The first-order valence-electron chi connectivity index (χ1n) is 21.6. The predicted octanol–water partition coefficient (Wildman–Crippen LogP) is 15.7. The summed E-state index contributed by atoms with van der Waals surface area (Å²) in [4.78, 5) is 5.18. The quantitative estimate of drug-likeness (QED) is 0.175. The summed E-state index contributed by atoms with van der Waals surface area (Å²) in [6.45, 7) is 9.56. The van der Waals surface area contributed by atoms with Crippen LogP contribution in [0, 0.1) is 0 Å². The van der Waals surface area contributed by atoms with Crippen LogP contribution in [-0.2, 0) is 16.2 Å². The topological polar surface area (TPSA) is 3.24 Å². The molecule has 0 saturated carbocycles. The van der Waals surface area contributed by atoms with Crippen LogP contribution in [0.2, 0.25) is 0 Å². The van der Waals surface area contributed by atoms with Crippen molar-refractivity contribution in [2.75, 3.05) is 4.90 Å². The molecule has 0 radical (unpaired) electrons. The molecule has 9 aromatic rings. The smallest absolute Gasteiger partial charge is 0.0742 e. The van der Waals surface area contributed by atoms with E-state index < -0.39 is 5.41 Å². The van der Waals surface area contributed by atoms with Gasteiger partial charge in [0.1, 0.15) is 0 Å². The Morgan fingerprint density at radius 1 is 0.377 bits per heavy atom. The molecule has 9 aromatic carbocycles. The second-order valence-electron chi connectivity index (χ2n) is 18.4. The van der Waals surface area contributed by atoms with E-state index in [4.69, 9.17) is 0 Å². The highest BCUT2D eigenvalue weighted by Crippen LogP contribution is 2.65. The van der Waals surface area contributed by atoms with E-state index >= 15 is 0 Å². The van der Waals surface area contributed by atoms with Gasteiger partial charge in [0, 0.05) is 32.0 Å². The van der Waals surface area contributed by atoms with Crippen molar-refractivity contribution in [1.29, 1.82) is 0 Å². The van der Waals surface area contributed by atoms with Crippen LogP contribution < -0.4 is 4.90 Å². The van der Waals surface area contributed by atoms with Crippen LogP contribution in [-0.4, -0.2) is 0 Å². The lowest BCUT2D eigenvalue weighted by Gasteiger charge is -2.42. The summed E-state index contributed by atoms with van der Waals surface area (Å²) in [5, 5.41) is 2.58. The average molecular weight is 798 g/mol. The molecule has 0 amide bonds. The number of fused-ring (bicyclic) bond motifs is 17. The molecule has 290 valence electrons. The van der Waals surface area contributed by atoms with Crippen molar-refractivity contribution in [3.63, 3.8) is 0 Å². The van der Waals surface area contributed by atoms with Crippen LogP contribution in [0.5, 0.6) is 0 Å². The van der Waals surface area contributed by atoms with E-state index in [0.717, 1.165) is 0 Å². The lowest BCUT2D eigenvalue weighted by atomic mass is 9.66. The number of anilines is 3. The molecule has 0 bridgehead atoms. The summed E-state index contributed by atoms with van der Waals surface area (Å²) in [5.74, 6) is 0. The van der Waals surface area contributed by atoms with Crippen molar-refractivity contribution >= 4 is 39.6 Å². The highest BCUT2D eigenvalue weighted by molar-refractivity contribution is 7.99. The lowest BCUT2D eigenvalue weighted by Crippen LogP contribution is -2.33. The second kappa shape index (κ2) is 12.2. The highest BCUT2D eigenvalue weighted by Gasteiger charge is 2.52. The van der Waals surface area contributed by atoms with Gasteiger partial charge in [-0.2, -0.15) is 0 Å². The Bertz CT molecular complexity index is 3210. The molecule has 1 aliphatic heterocycles. The second-order valence-corrected chi connectivity index (χ2v) is 19.4. The van der Waals surface area contributed by atoms with Crippen molar-refractivity contribution in [3.05, 3.63) is 233 Å². The monoisotopic (exact) mass is 797 g/mol. The van der Waals surface area contributed by atoms with Gasteiger partial charge in [-0.1, -0.05) is 191 Å². The van der Waals surface area contributed by atoms with Gasteiger partial charge in [0.15, 0.2) is 0 Å². The highest BCUT2D eigenvalue weighted by atomic mass is 32.2. The number of hydrogen-bond donors (Lipinski definition) is 0. The number of benzene rings is 9. The summed E-state index contributed by atoms with van der Waals surface area (Å²) in [7, 11) is 0. The maximum Gasteiger partial charge on any atom is 0.0742 e. The van der Waals surface area contributed by atoms with E-state index in [1.165, 1.54) is 116 Å². The zero-order valence-electron chi connectivity index (χ0n) is 34.8. The molecule has 0 aromatic heterocycles. The molecule has 1 heterocycles. The van der Waals surface area contributed by atoms with Gasteiger partial charge in [0.2, 0.25) is 0 Å². The van der Waals surface area contributed by atoms with Crippen molar-refractivity contribution in [1.82, 2.24) is 0 Å². The summed E-state index contributed by atoms with van der Waals surface area (Å²) in [6.07, 6.45) is 0. The molecular formula is C59H43NS. The molecule has 2 heteroatoms. The standard InChI is InChI=1S/C59H43NS/c1-57(2)46-22-11-7-18-40(46)44-31-29-37(34-51(44)57)60(38-30-32-45-41-19-8-12-23-47(41)58(3,4)52(45)35-38)53-27-15-26-50-56(53)61-54-33-28-36-16-5-6-17-39(36)55(54)59(50)48-24-13-9-20-42(48)43-21-10-14-25-49(43)59/h5-35H,1-4H3. The fourth-order valence-electron chi connectivity index (χ4n) is 12.0. The third-order valence-electron chi connectivity index (χ3n) is 14.7. The largest absolute Gasteiger partial charge is 0.309 e. The molecule has 0 fully saturated rings. The van der Waals surface area contributed by atoms with Gasteiger partial charge < -0.3 is 4.90 Å². The Balaban J connectivity index is 1.12. The van der Waals surface area contributed by atoms with Gasteiger partial charge in [0.25, 0.3) is 0 Å².